The zero-order chi connectivity index (χ0) is 14.4. The third-order valence-electron chi connectivity index (χ3n) is 3.60. The summed E-state index contributed by atoms with van der Waals surface area (Å²) < 4.78 is 10.6. The molecule has 1 N–H and O–H groups in total. The molecule has 2 fully saturated rings. The summed E-state index contributed by atoms with van der Waals surface area (Å²) in [6.07, 6.45) is 2.29. The summed E-state index contributed by atoms with van der Waals surface area (Å²) in [6, 6.07) is 0. The molecular formula is C13H23N3O3S. The van der Waals surface area contributed by atoms with Gasteiger partial charge in [-0.05, 0) is 32.0 Å². The van der Waals surface area contributed by atoms with Crippen LogP contribution in [0.2, 0.25) is 0 Å². The third kappa shape index (κ3) is 4.21. The molecule has 0 aromatic heterocycles. The van der Waals surface area contributed by atoms with E-state index < -0.39 is 0 Å². The highest BCUT2D eigenvalue weighted by atomic mass is 32.1. The van der Waals surface area contributed by atoms with Crippen molar-refractivity contribution in [1.82, 2.24) is 15.1 Å². The first-order valence-electron chi connectivity index (χ1n) is 7.26. The molecule has 6 nitrogen and oxygen atoms in total. The van der Waals surface area contributed by atoms with Crippen molar-refractivity contribution in [3.05, 3.63) is 0 Å². The second-order valence-corrected chi connectivity index (χ2v) is 5.38. The van der Waals surface area contributed by atoms with E-state index >= 15 is 0 Å². The Labute approximate surface area is 125 Å². The van der Waals surface area contributed by atoms with E-state index in [1.54, 1.807) is 4.90 Å². The summed E-state index contributed by atoms with van der Waals surface area (Å²) in [4.78, 5) is 15.4. The van der Waals surface area contributed by atoms with Gasteiger partial charge < -0.3 is 24.6 Å². The number of hydrogen-bond donors (Lipinski definition) is 1. The zero-order valence-electron chi connectivity index (χ0n) is 12.0. The number of nitrogens with zero attached hydrogens (tertiary/aromatic N) is 2. The van der Waals surface area contributed by atoms with Gasteiger partial charge in [-0.1, -0.05) is 0 Å². The van der Waals surface area contributed by atoms with Crippen LogP contribution in [0.3, 0.4) is 0 Å². The molecule has 1 atom stereocenters. The van der Waals surface area contributed by atoms with Crippen molar-refractivity contribution in [2.45, 2.75) is 25.9 Å². The van der Waals surface area contributed by atoms with Crippen molar-refractivity contribution in [2.24, 2.45) is 0 Å². The van der Waals surface area contributed by atoms with Gasteiger partial charge in [-0.2, -0.15) is 0 Å². The number of rotatable bonds is 3. The lowest BCUT2D eigenvalue weighted by Crippen LogP contribution is -2.53. The van der Waals surface area contributed by atoms with Crippen LogP contribution in [0.4, 0.5) is 4.79 Å². The van der Waals surface area contributed by atoms with E-state index in [9.17, 15) is 4.79 Å². The van der Waals surface area contributed by atoms with Crippen LogP contribution in [0.15, 0.2) is 0 Å². The number of carbonyl (C=O) groups is 1. The molecule has 0 saturated carbocycles. The maximum atomic E-state index is 11.6. The summed E-state index contributed by atoms with van der Waals surface area (Å²) in [6.45, 7) is 6.67. The SMILES string of the molecule is CCOC(=O)N1CCN(C(=S)NC[C@@H]2CCCO2)CC1. The van der Waals surface area contributed by atoms with E-state index in [2.05, 4.69) is 10.2 Å². The van der Waals surface area contributed by atoms with E-state index in [0.717, 1.165) is 44.2 Å². The van der Waals surface area contributed by atoms with E-state index in [1.807, 2.05) is 6.92 Å². The highest BCUT2D eigenvalue weighted by Gasteiger charge is 2.23. The lowest BCUT2D eigenvalue weighted by atomic mass is 10.2. The Kier molecular flexibility index (Phi) is 5.85. The Morgan fingerprint density at radius 2 is 2.05 bits per heavy atom. The van der Waals surface area contributed by atoms with Gasteiger partial charge in [0.15, 0.2) is 5.11 Å². The van der Waals surface area contributed by atoms with Crippen LogP contribution in [0, 0.1) is 0 Å². The minimum Gasteiger partial charge on any atom is -0.450 e. The molecule has 1 amide bonds. The average Bonchev–Trinajstić information content (AvgIpc) is 2.98. The molecule has 2 aliphatic rings. The van der Waals surface area contributed by atoms with Crippen LogP contribution in [-0.4, -0.2) is 73.0 Å². The maximum absolute atomic E-state index is 11.6. The molecule has 0 aromatic carbocycles. The number of nitrogens with one attached hydrogen (secondary N) is 1. The summed E-state index contributed by atoms with van der Waals surface area (Å²) in [5, 5.41) is 4.01. The molecule has 0 unspecified atom stereocenters. The molecule has 0 spiro atoms. The Morgan fingerprint density at radius 3 is 2.65 bits per heavy atom. The topological polar surface area (TPSA) is 54.0 Å². The molecule has 2 aliphatic heterocycles. The largest absolute Gasteiger partial charge is 0.450 e. The van der Waals surface area contributed by atoms with E-state index in [-0.39, 0.29) is 12.2 Å². The van der Waals surface area contributed by atoms with Crippen molar-refractivity contribution in [1.29, 1.82) is 0 Å². The van der Waals surface area contributed by atoms with Crippen molar-refractivity contribution >= 4 is 23.4 Å². The monoisotopic (exact) mass is 301 g/mol. The highest BCUT2D eigenvalue weighted by molar-refractivity contribution is 7.80. The first-order chi connectivity index (χ1) is 9.70. The van der Waals surface area contributed by atoms with Crippen molar-refractivity contribution in [3.63, 3.8) is 0 Å². The highest BCUT2D eigenvalue weighted by Crippen LogP contribution is 2.11. The predicted molar refractivity (Wildman–Crippen MR) is 79.7 cm³/mol. The second kappa shape index (κ2) is 7.64. The van der Waals surface area contributed by atoms with Crippen LogP contribution in [0.25, 0.3) is 0 Å². The van der Waals surface area contributed by atoms with Crippen LogP contribution >= 0.6 is 12.2 Å². The van der Waals surface area contributed by atoms with Crippen molar-refractivity contribution < 1.29 is 14.3 Å². The Hall–Kier alpha value is -1.08. The maximum Gasteiger partial charge on any atom is 0.409 e. The van der Waals surface area contributed by atoms with Gasteiger partial charge in [-0.3, -0.25) is 0 Å². The molecular weight excluding hydrogens is 278 g/mol. The van der Waals surface area contributed by atoms with Gasteiger partial charge in [0.1, 0.15) is 0 Å². The second-order valence-electron chi connectivity index (χ2n) is 4.99. The number of ether oxygens (including phenoxy) is 2. The summed E-state index contributed by atoms with van der Waals surface area (Å²) in [5.74, 6) is 0. The molecule has 20 heavy (non-hydrogen) atoms. The molecule has 0 aliphatic carbocycles. The number of amides is 1. The fourth-order valence-corrected chi connectivity index (χ4v) is 2.69. The quantitative estimate of drug-likeness (QED) is 0.779. The molecule has 0 aromatic rings. The van der Waals surface area contributed by atoms with Crippen molar-refractivity contribution in [2.75, 3.05) is 45.9 Å². The van der Waals surface area contributed by atoms with Gasteiger partial charge in [0.25, 0.3) is 0 Å². The average molecular weight is 301 g/mol. The first-order valence-corrected chi connectivity index (χ1v) is 7.67. The van der Waals surface area contributed by atoms with Gasteiger partial charge >= 0.3 is 6.09 Å². The number of hydrogen-bond acceptors (Lipinski definition) is 4. The van der Waals surface area contributed by atoms with Gasteiger partial charge in [0.2, 0.25) is 0 Å². The van der Waals surface area contributed by atoms with Crippen molar-refractivity contribution in [3.8, 4) is 0 Å². The first kappa shape index (κ1) is 15.3. The number of carbonyl (C=O) groups excluding carboxylic acids is 1. The molecule has 0 radical (unpaired) electrons. The molecule has 2 saturated heterocycles. The molecule has 0 bridgehead atoms. The van der Waals surface area contributed by atoms with E-state index in [1.165, 1.54) is 0 Å². The fourth-order valence-electron chi connectivity index (χ4n) is 2.43. The standard InChI is InChI=1S/C13H23N3O3S/c1-2-18-13(17)16-7-5-15(6-8-16)12(20)14-10-11-4-3-9-19-11/h11H,2-10H2,1H3,(H,14,20)/t11-/m0/s1. The van der Waals surface area contributed by atoms with Crippen LogP contribution in [0.1, 0.15) is 19.8 Å². The smallest absolute Gasteiger partial charge is 0.409 e. The third-order valence-corrected chi connectivity index (χ3v) is 4.00. The Balaban J connectivity index is 1.67. The lowest BCUT2D eigenvalue weighted by Gasteiger charge is -2.35. The number of piperazine rings is 1. The Bertz CT molecular complexity index is 340. The summed E-state index contributed by atoms with van der Waals surface area (Å²) >= 11 is 5.39. The van der Waals surface area contributed by atoms with Gasteiger partial charge in [-0.25, -0.2) is 4.79 Å². The van der Waals surface area contributed by atoms with Crippen LogP contribution < -0.4 is 5.32 Å². The summed E-state index contributed by atoms with van der Waals surface area (Å²) in [5.41, 5.74) is 0. The molecule has 2 rings (SSSR count). The minimum absolute atomic E-state index is 0.231. The molecule has 2 heterocycles. The summed E-state index contributed by atoms with van der Waals surface area (Å²) in [7, 11) is 0. The van der Waals surface area contributed by atoms with Gasteiger partial charge in [0.05, 0.1) is 12.7 Å². The van der Waals surface area contributed by atoms with Gasteiger partial charge in [0, 0.05) is 39.3 Å². The Morgan fingerprint density at radius 1 is 1.35 bits per heavy atom. The predicted octanol–water partition coefficient (Wildman–Crippen LogP) is 0.814. The van der Waals surface area contributed by atoms with Crippen LogP contribution in [0.5, 0.6) is 0 Å². The molecule has 114 valence electrons. The van der Waals surface area contributed by atoms with Crippen LogP contribution in [-0.2, 0) is 9.47 Å². The molecule has 7 heteroatoms. The minimum atomic E-state index is -0.231. The van der Waals surface area contributed by atoms with E-state index in [4.69, 9.17) is 21.7 Å². The number of thiocarbonyl (C=S) groups is 1. The van der Waals surface area contributed by atoms with Gasteiger partial charge in [-0.15, -0.1) is 0 Å². The van der Waals surface area contributed by atoms with E-state index in [0.29, 0.717) is 19.7 Å². The fraction of sp³-hybridized carbons (Fsp3) is 0.846. The lowest BCUT2D eigenvalue weighted by molar-refractivity contribution is 0.0912. The normalized spacial score (nSPS) is 22.8. The zero-order valence-corrected chi connectivity index (χ0v) is 12.8.